The Morgan fingerprint density at radius 3 is 2.47 bits per heavy atom. The normalized spacial score (nSPS) is 26.4. The van der Waals surface area contributed by atoms with E-state index in [1.807, 2.05) is 12.1 Å². The number of hydrogen-bond acceptors (Lipinski definition) is 2. The van der Waals surface area contributed by atoms with Gasteiger partial charge in [-0.15, -0.1) is 0 Å². The molecule has 1 aromatic rings. The zero-order chi connectivity index (χ0) is 13.2. The molecule has 0 bridgehead atoms. The van der Waals surface area contributed by atoms with Crippen LogP contribution in [0.4, 0.5) is 0 Å². The fraction of sp³-hybridized carbons (Fsp3) is 0.562. The molecule has 2 aliphatic rings. The maximum atomic E-state index is 12.2. The van der Waals surface area contributed by atoms with Gasteiger partial charge in [-0.3, -0.25) is 4.79 Å². The summed E-state index contributed by atoms with van der Waals surface area (Å²) >= 11 is 0. The van der Waals surface area contributed by atoms with Crippen LogP contribution in [-0.4, -0.2) is 23.7 Å². The summed E-state index contributed by atoms with van der Waals surface area (Å²) in [6, 6.07) is 8.32. The molecule has 1 aromatic carbocycles. The van der Waals surface area contributed by atoms with Crippen molar-refractivity contribution in [3.05, 3.63) is 35.4 Å². The molecule has 1 saturated carbocycles. The molecule has 1 fully saturated rings. The summed E-state index contributed by atoms with van der Waals surface area (Å²) in [5.41, 5.74) is 2.64. The van der Waals surface area contributed by atoms with E-state index in [0.29, 0.717) is 5.92 Å². The van der Waals surface area contributed by atoms with Crippen LogP contribution < -0.4 is 5.32 Å². The highest BCUT2D eigenvalue weighted by atomic mass is 16.3. The Labute approximate surface area is 114 Å². The van der Waals surface area contributed by atoms with Gasteiger partial charge in [-0.1, -0.05) is 24.3 Å². The molecular weight excluding hydrogens is 238 g/mol. The first-order valence-electron chi connectivity index (χ1n) is 7.25. The van der Waals surface area contributed by atoms with Crippen LogP contribution in [0.25, 0.3) is 0 Å². The van der Waals surface area contributed by atoms with Crippen LogP contribution in [0.15, 0.2) is 24.3 Å². The second-order valence-electron chi connectivity index (χ2n) is 5.95. The molecule has 3 nitrogen and oxygen atoms in total. The predicted octanol–water partition coefficient (Wildman–Crippen LogP) is 1.68. The lowest BCUT2D eigenvalue weighted by Gasteiger charge is -2.14. The monoisotopic (exact) mass is 259 g/mol. The van der Waals surface area contributed by atoms with Crippen LogP contribution in [0.2, 0.25) is 0 Å². The fourth-order valence-corrected chi connectivity index (χ4v) is 3.37. The summed E-state index contributed by atoms with van der Waals surface area (Å²) in [6.45, 7) is 0.725. The van der Waals surface area contributed by atoms with Gasteiger partial charge < -0.3 is 10.4 Å². The molecule has 102 valence electrons. The summed E-state index contributed by atoms with van der Waals surface area (Å²) in [4.78, 5) is 12.2. The molecule has 0 aromatic heterocycles. The number of hydrogen-bond donors (Lipinski definition) is 2. The van der Waals surface area contributed by atoms with E-state index in [0.717, 1.165) is 38.6 Å². The van der Waals surface area contributed by atoms with Gasteiger partial charge in [-0.25, -0.2) is 0 Å². The molecule has 3 rings (SSSR count). The van der Waals surface area contributed by atoms with Gasteiger partial charge in [0.2, 0.25) is 5.91 Å². The average Bonchev–Trinajstić information content (AvgIpc) is 3.01. The molecule has 0 spiro atoms. The van der Waals surface area contributed by atoms with Crippen molar-refractivity contribution >= 4 is 5.91 Å². The number of amides is 1. The average molecular weight is 259 g/mol. The summed E-state index contributed by atoms with van der Waals surface area (Å²) in [5.74, 6) is 0.740. The number of carbonyl (C=O) groups is 1. The van der Waals surface area contributed by atoms with Gasteiger partial charge >= 0.3 is 0 Å². The number of aliphatic hydroxyl groups is 1. The predicted molar refractivity (Wildman–Crippen MR) is 73.7 cm³/mol. The summed E-state index contributed by atoms with van der Waals surface area (Å²) in [7, 11) is 0. The van der Waals surface area contributed by atoms with E-state index < -0.39 is 0 Å². The molecule has 2 unspecified atom stereocenters. The van der Waals surface area contributed by atoms with Gasteiger partial charge in [0.15, 0.2) is 0 Å². The van der Waals surface area contributed by atoms with E-state index in [9.17, 15) is 9.90 Å². The van der Waals surface area contributed by atoms with Crippen LogP contribution in [0.3, 0.4) is 0 Å². The molecule has 0 radical (unpaired) electrons. The van der Waals surface area contributed by atoms with Crippen molar-refractivity contribution in [3.63, 3.8) is 0 Å². The van der Waals surface area contributed by atoms with Crippen molar-refractivity contribution < 1.29 is 9.90 Å². The van der Waals surface area contributed by atoms with Gasteiger partial charge in [0.25, 0.3) is 0 Å². The van der Waals surface area contributed by atoms with Crippen LogP contribution in [0, 0.1) is 11.8 Å². The number of fused-ring (bicyclic) bond motifs is 1. The minimum atomic E-state index is -0.155. The van der Waals surface area contributed by atoms with E-state index in [1.165, 1.54) is 11.1 Å². The lowest BCUT2D eigenvalue weighted by atomic mass is 10.0. The lowest BCUT2D eigenvalue weighted by molar-refractivity contribution is -0.124. The molecule has 0 heterocycles. The number of carbonyl (C=O) groups excluding carboxylic acids is 1. The minimum absolute atomic E-state index is 0.101. The van der Waals surface area contributed by atoms with E-state index in [-0.39, 0.29) is 17.9 Å². The summed E-state index contributed by atoms with van der Waals surface area (Å²) in [5, 5.41) is 12.6. The van der Waals surface area contributed by atoms with Crippen molar-refractivity contribution in [1.29, 1.82) is 0 Å². The standard InChI is InChI=1S/C16H21NO2/c18-15-6-5-11(7-15)10-17-16(19)14-8-12-3-1-2-4-13(12)9-14/h1-4,11,14-15,18H,5-10H2,(H,17,19). The van der Waals surface area contributed by atoms with Crippen LogP contribution in [0.1, 0.15) is 30.4 Å². The summed E-state index contributed by atoms with van der Waals surface area (Å²) < 4.78 is 0. The van der Waals surface area contributed by atoms with Gasteiger partial charge in [-0.05, 0) is 49.1 Å². The van der Waals surface area contributed by atoms with Gasteiger partial charge in [0, 0.05) is 12.5 Å². The van der Waals surface area contributed by atoms with Crippen molar-refractivity contribution in [2.75, 3.05) is 6.54 Å². The Hall–Kier alpha value is -1.35. The largest absolute Gasteiger partial charge is 0.393 e. The first-order valence-corrected chi connectivity index (χ1v) is 7.25. The SMILES string of the molecule is O=C(NCC1CCC(O)C1)C1Cc2ccccc2C1. The van der Waals surface area contributed by atoms with Gasteiger partial charge in [0.05, 0.1) is 6.10 Å². The maximum absolute atomic E-state index is 12.2. The zero-order valence-corrected chi connectivity index (χ0v) is 11.1. The highest BCUT2D eigenvalue weighted by Crippen LogP contribution is 2.27. The third-order valence-corrected chi connectivity index (χ3v) is 4.50. The Balaban J connectivity index is 1.50. The smallest absolute Gasteiger partial charge is 0.223 e. The van der Waals surface area contributed by atoms with E-state index in [4.69, 9.17) is 0 Å². The topological polar surface area (TPSA) is 49.3 Å². The number of aliphatic hydroxyl groups excluding tert-OH is 1. The highest BCUT2D eigenvalue weighted by Gasteiger charge is 2.28. The Morgan fingerprint density at radius 1 is 1.21 bits per heavy atom. The van der Waals surface area contributed by atoms with Crippen molar-refractivity contribution in [2.24, 2.45) is 11.8 Å². The first-order chi connectivity index (χ1) is 9.22. The Bertz CT molecular complexity index is 447. The molecule has 0 aliphatic heterocycles. The third-order valence-electron chi connectivity index (χ3n) is 4.50. The van der Waals surface area contributed by atoms with E-state index in [1.54, 1.807) is 0 Å². The molecule has 19 heavy (non-hydrogen) atoms. The highest BCUT2D eigenvalue weighted by molar-refractivity contribution is 5.80. The van der Waals surface area contributed by atoms with Crippen LogP contribution >= 0.6 is 0 Å². The number of rotatable bonds is 3. The summed E-state index contributed by atoms with van der Waals surface area (Å²) in [6.07, 6.45) is 4.34. The Morgan fingerprint density at radius 2 is 1.89 bits per heavy atom. The molecule has 3 heteroatoms. The first kappa shape index (κ1) is 12.7. The Kier molecular flexibility index (Phi) is 3.56. The molecule has 2 atom stereocenters. The van der Waals surface area contributed by atoms with E-state index in [2.05, 4.69) is 17.4 Å². The number of benzene rings is 1. The quantitative estimate of drug-likeness (QED) is 0.867. The molecule has 2 N–H and O–H groups in total. The third kappa shape index (κ3) is 2.81. The van der Waals surface area contributed by atoms with Crippen molar-refractivity contribution in [1.82, 2.24) is 5.32 Å². The maximum Gasteiger partial charge on any atom is 0.223 e. The molecule has 2 aliphatic carbocycles. The van der Waals surface area contributed by atoms with Gasteiger partial charge in [0.1, 0.15) is 0 Å². The number of nitrogens with one attached hydrogen (secondary N) is 1. The van der Waals surface area contributed by atoms with E-state index >= 15 is 0 Å². The minimum Gasteiger partial charge on any atom is -0.393 e. The fourth-order valence-electron chi connectivity index (χ4n) is 3.37. The second kappa shape index (κ2) is 5.33. The van der Waals surface area contributed by atoms with Crippen molar-refractivity contribution in [3.8, 4) is 0 Å². The lowest BCUT2D eigenvalue weighted by Crippen LogP contribution is -2.34. The molecular formula is C16H21NO2. The second-order valence-corrected chi connectivity index (χ2v) is 5.95. The molecule has 0 saturated heterocycles. The van der Waals surface area contributed by atoms with Crippen LogP contribution in [0.5, 0.6) is 0 Å². The zero-order valence-electron chi connectivity index (χ0n) is 11.1. The van der Waals surface area contributed by atoms with Crippen molar-refractivity contribution in [2.45, 2.75) is 38.2 Å². The van der Waals surface area contributed by atoms with Crippen LogP contribution in [-0.2, 0) is 17.6 Å². The molecule has 1 amide bonds. The van der Waals surface area contributed by atoms with Gasteiger partial charge in [-0.2, -0.15) is 0 Å².